The van der Waals surface area contributed by atoms with Crippen LogP contribution in [0.5, 0.6) is 0 Å². The lowest BCUT2D eigenvalue weighted by atomic mass is 10.1. The summed E-state index contributed by atoms with van der Waals surface area (Å²) in [6.07, 6.45) is 2.75. The van der Waals surface area contributed by atoms with Crippen molar-refractivity contribution in [2.75, 3.05) is 18.4 Å². The number of carbonyl (C=O) groups excluding carboxylic acids is 1. The molecular weight excluding hydrogens is 436 g/mol. The molecule has 1 aliphatic heterocycles. The SMILES string of the molecule is CCc1ccc(NC(=O)c2ccc(Cn3nc(C)c(S(=O)(=O)N4CCCC4)c3C)cc2)cc1. The van der Waals surface area contributed by atoms with Gasteiger partial charge < -0.3 is 5.32 Å². The van der Waals surface area contributed by atoms with Crippen LogP contribution < -0.4 is 5.32 Å². The molecule has 2 heterocycles. The number of carbonyl (C=O) groups is 1. The van der Waals surface area contributed by atoms with E-state index in [1.54, 1.807) is 35.0 Å². The summed E-state index contributed by atoms with van der Waals surface area (Å²) < 4.78 is 29.4. The number of benzene rings is 2. The van der Waals surface area contributed by atoms with E-state index in [1.807, 2.05) is 36.4 Å². The number of rotatable bonds is 7. The first-order chi connectivity index (χ1) is 15.8. The first-order valence-electron chi connectivity index (χ1n) is 11.3. The van der Waals surface area contributed by atoms with Crippen LogP contribution in [0.4, 0.5) is 5.69 Å². The molecule has 0 atom stereocenters. The van der Waals surface area contributed by atoms with E-state index in [-0.39, 0.29) is 5.91 Å². The van der Waals surface area contributed by atoms with Crippen molar-refractivity contribution in [3.8, 4) is 0 Å². The third kappa shape index (κ3) is 4.86. The second kappa shape index (κ2) is 9.49. The quantitative estimate of drug-likeness (QED) is 0.567. The highest BCUT2D eigenvalue weighted by atomic mass is 32.2. The molecule has 1 amide bonds. The topological polar surface area (TPSA) is 84.3 Å². The van der Waals surface area contributed by atoms with E-state index < -0.39 is 10.0 Å². The van der Waals surface area contributed by atoms with Crippen LogP contribution in [0.1, 0.15) is 52.6 Å². The Morgan fingerprint density at radius 1 is 0.970 bits per heavy atom. The monoisotopic (exact) mass is 466 g/mol. The van der Waals surface area contributed by atoms with Crippen molar-refractivity contribution in [1.29, 1.82) is 0 Å². The van der Waals surface area contributed by atoms with Gasteiger partial charge in [0.25, 0.3) is 5.91 Å². The van der Waals surface area contributed by atoms with Gasteiger partial charge in [0.15, 0.2) is 0 Å². The van der Waals surface area contributed by atoms with Crippen molar-refractivity contribution in [3.63, 3.8) is 0 Å². The second-order valence-electron chi connectivity index (χ2n) is 8.47. The normalized spacial score (nSPS) is 14.5. The Labute approximate surface area is 195 Å². The third-order valence-corrected chi connectivity index (χ3v) is 8.30. The highest BCUT2D eigenvalue weighted by Crippen LogP contribution is 2.26. The van der Waals surface area contributed by atoms with Gasteiger partial charge in [-0.3, -0.25) is 9.48 Å². The number of aryl methyl sites for hydroxylation is 2. The first-order valence-corrected chi connectivity index (χ1v) is 12.8. The van der Waals surface area contributed by atoms with E-state index in [4.69, 9.17) is 0 Å². The molecule has 0 saturated carbocycles. The fourth-order valence-corrected chi connectivity index (χ4v) is 6.12. The van der Waals surface area contributed by atoms with Crippen LogP contribution in [0, 0.1) is 13.8 Å². The summed E-state index contributed by atoms with van der Waals surface area (Å²) in [7, 11) is -3.53. The average Bonchev–Trinajstić information content (AvgIpc) is 3.44. The molecule has 4 rings (SSSR count). The van der Waals surface area contributed by atoms with Gasteiger partial charge in [0.05, 0.1) is 17.9 Å². The van der Waals surface area contributed by atoms with Crippen molar-refractivity contribution in [3.05, 3.63) is 76.6 Å². The maximum atomic E-state index is 13.1. The zero-order valence-electron chi connectivity index (χ0n) is 19.3. The Balaban J connectivity index is 1.47. The van der Waals surface area contributed by atoms with Crippen LogP contribution in [0.3, 0.4) is 0 Å². The zero-order chi connectivity index (χ0) is 23.6. The van der Waals surface area contributed by atoms with Crippen LogP contribution in [0.25, 0.3) is 0 Å². The van der Waals surface area contributed by atoms with Crippen molar-refractivity contribution in [2.45, 2.75) is 51.5 Å². The standard InChI is InChI=1S/C25H30N4O3S/c1-4-20-9-13-23(14-10-20)26-25(30)22-11-7-21(8-12-22)17-29-19(3)24(18(2)27-29)33(31,32)28-15-5-6-16-28/h7-14H,4-6,15-17H2,1-3H3,(H,26,30). The second-order valence-corrected chi connectivity index (χ2v) is 10.3. The summed E-state index contributed by atoms with van der Waals surface area (Å²) in [4.78, 5) is 12.9. The predicted molar refractivity (Wildman–Crippen MR) is 129 cm³/mol. The molecule has 1 fully saturated rings. The number of hydrogen-bond donors (Lipinski definition) is 1. The minimum Gasteiger partial charge on any atom is -0.322 e. The molecule has 3 aromatic rings. The maximum Gasteiger partial charge on any atom is 0.255 e. The van der Waals surface area contributed by atoms with Gasteiger partial charge in [-0.15, -0.1) is 0 Å². The third-order valence-electron chi connectivity index (χ3n) is 6.15. The largest absolute Gasteiger partial charge is 0.322 e. The number of hydrogen-bond acceptors (Lipinski definition) is 4. The zero-order valence-corrected chi connectivity index (χ0v) is 20.2. The summed E-state index contributed by atoms with van der Waals surface area (Å²) in [6.45, 7) is 7.20. The number of nitrogens with zero attached hydrogens (tertiary/aromatic N) is 3. The van der Waals surface area contributed by atoms with E-state index >= 15 is 0 Å². The maximum absolute atomic E-state index is 13.1. The van der Waals surface area contributed by atoms with Crippen molar-refractivity contribution < 1.29 is 13.2 Å². The molecule has 8 heteroatoms. The first kappa shape index (κ1) is 23.2. The molecule has 1 aliphatic rings. The number of anilines is 1. The lowest BCUT2D eigenvalue weighted by Crippen LogP contribution is -2.28. The van der Waals surface area contributed by atoms with Crippen molar-refractivity contribution in [2.24, 2.45) is 0 Å². The fraction of sp³-hybridized carbons (Fsp3) is 0.360. The smallest absolute Gasteiger partial charge is 0.255 e. The highest BCUT2D eigenvalue weighted by Gasteiger charge is 2.32. The Kier molecular flexibility index (Phi) is 6.67. The van der Waals surface area contributed by atoms with E-state index in [9.17, 15) is 13.2 Å². The van der Waals surface area contributed by atoms with E-state index in [0.29, 0.717) is 41.5 Å². The number of amides is 1. The Morgan fingerprint density at radius 2 is 1.58 bits per heavy atom. The molecule has 0 bridgehead atoms. The molecular formula is C25H30N4O3S. The van der Waals surface area contributed by atoms with Crippen LogP contribution >= 0.6 is 0 Å². The molecule has 33 heavy (non-hydrogen) atoms. The number of aromatic nitrogens is 2. The van der Waals surface area contributed by atoms with E-state index in [2.05, 4.69) is 17.3 Å². The summed E-state index contributed by atoms with van der Waals surface area (Å²) in [5.74, 6) is -0.170. The van der Waals surface area contributed by atoms with Crippen LogP contribution in [0.15, 0.2) is 53.4 Å². The molecule has 2 aromatic carbocycles. The summed E-state index contributed by atoms with van der Waals surface area (Å²) >= 11 is 0. The molecule has 1 saturated heterocycles. The minimum atomic E-state index is -3.53. The molecule has 1 N–H and O–H groups in total. The van der Waals surface area contributed by atoms with Crippen molar-refractivity contribution >= 4 is 21.6 Å². The fourth-order valence-electron chi connectivity index (χ4n) is 4.23. The molecule has 0 aliphatic carbocycles. The summed E-state index contributed by atoms with van der Waals surface area (Å²) in [6, 6.07) is 15.1. The van der Waals surface area contributed by atoms with Crippen molar-refractivity contribution in [1.82, 2.24) is 14.1 Å². The molecule has 7 nitrogen and oxygen atoms in total. The molecule has 174 valence electrons. The number of sulfonamides is 1. The molecule has 1 aromatic heterocycles. The summed E-state index contributed by atoms with van der Waals surface area (Å²) in [5, 5.41) is 7.42. The van der Waals surface area contributed by atoms with Gasteiger partial charge in [-0.25, -0.2) is 8.42 Å². The van der Waals surface area contributed by atoms with E-state index in [1.165, 1.54) is 5.56 Å². The van der Waals surface area contributed by atoms with Crippen LogP contribution in [0.2, 0.25) is 0 Å². The van der Waals surface area contributed by atoms with Gasteiger partial charge >= 0.3 is 0 Å². The van der Waals surface area contributed by atoms with Crippen LogP contribution in [-0.2, 0) is 23.0 Å². The molecule has 0 unspecified atom stereocenters. The Bertz CT molecular complexity index is 1240. The van der Waals surface area contributed by atoms with Crippen LogP contribution in [-0.4, -0.2) is 41.5 Å². The lowest BCUT2D eigenvalue weighted by molar-refractivity contribution is 0.102. The molecule has 0 spiro atoms. The molecule has 0 radical (unpaired) electrons. The van der Waals surface area contributed by atoms with Gasteiger partial charge in [-0.2, -0.15) is 9.40 Å². The van der Waals surface area contributed by atoms with E-state index in [0.717, 1.165) is 30.5 Å². The van der Waals surface area contributed by atoms with Gasteiger partial charge in [-0.05, 0) is 68.5 Å². The predicted octanol–water partition coefficient (Wildman–Crippen LogP) is 4.15. The summed E-state index contributed by atoms with van der Waals surface area (Å²) in [5.41, 5.74) is 4.63. The van der Waals surface area contributed by atoms with Gasteiger partial charge in [0.2, 0.25) is 10.0 Å². The highest BCUT2D eigenvalue weighted by molar-refractivity contribution is 7.89. The van der Waals surface area contributed by atoms with Gasteiger partial charge in [0, 0.05) is 24.3 Å². The minimum absolute atomic E-state index is 0.170. The average molecular weight is 467 g/mol. The van der Waals surface area contributed by atoms with Gasteiger partial charge in [-0.1, -0.05) is 31.2 Å². The Morgan fingerprint density at radius 3 is 2.18 bits per heavy atom. The van der Waals surface area contributed by atoms with Gasteiger partial charge in [0.1, 0.15) is 4.90 Å². The Hall–Kier alpha value is -2.97. The lowest BCUT2D eigenvalue weighted by Gasteiger charge is -2.15. The number of nitrogens with one attached hydrogen (secondary N) is 1.